The van der Waals surface area contributed by atoms with Crippen LogP contribution < -0.4 is 5.73 Å². The molecule has 1 rings (SSSR count). The van der Waals surface area contributed by atoms with Crippen molar-refractivity contribution in [1.29, 1.82) is 0 Å². The van der Waals surface area contributed by atoms with Gasteiger partial charge in [-0.05, 0) is 18.9 Å². The lowest BCUT2D eigenvalue weighted by molar-refractivity contribution is -0.386. The molecule has 0 aliphatic heterocycles. The minimum Gasteiger partial charge on any atom is -0.327 e. The highest BCUT2D eigenvalue weighted by Gasteiger charge is 2.28. The normalized spacial score (nSPS) is 15.1. The summed E-state index contributed by atoms with van der Waals surface area (Å²) in [6.07, 6.45) is 1.03. The van der Waals surface area contributed by atoms with Crippen LogP contribution in [0, 0.1) is 16.0 Å². The van der Waals surface area contributed by atoms with Crippen LogP contribution in [0.15, 0.2) is 23.1 Å². The Balaban J connectivity index is 3.52. The summed E-state index contributed by atoms with van der Waals surface area (Å²) >= 11 is 0. The number of hydrogen-bond acceptors (Lipinski definition) is 5. The molecule has 0 bridgehead atoms. The first-order valence-electron chi connectivity index (χ1n) is 6.29. The molecule has 0 spiro atoms. The molecule has 20 heavy (non-hydrogen) atoms. The molecule has 1 aromatic rings. The zero-order valence-corrected chi connectivity index (χ0v) is 12.8. The molecule has 0 saturated carbocycles. The molecule has 0 amide bonds. The maximum atomic E-state index is 11.5. The zero-order chi connectivity index (χ0) is 15.7. The lowest BCUT2D eigenvalue weighted by atomic mass is 9.82. The van der Waals surface area contributed by atoms with Crippen LogP contribution in [0.4, 0.5) is 5.69 Å². The molecule has 2 unspecified atom stereocenters. The predicted octanol–water partition coefficient (Wildman–Crippen LogP) is 2.09. The fourth-order valence-electron chi connectivity index (χ4n) is 2.44. The quantitative estimate of drug-likeness (QED) is 0.662. The van der Waals surface area contributed by atoms with Gasteiger partial charge in [-0.25, -0.2) is 8.42 Å². The van der Waals surface area contributed by atoms with E-state index in [0.717, 1.165) is 12.3 Å². The van der Waals surface area contributed by atoms with Crippen molar-refractivity contribution < 1.29 is 13.3 Å². The molecule has 0 heterocycles. The molecule has 7 heteroatoms. The van der Waals surface area contributed by atoms with Gasteiger partial charge >= 0.3 is 0 Å². The van der Waals surface area contributed by atoms with Crippen molar-refractivity contribution in [3.05, 3.63) is 33.9 Å². The Kier molecular flexibility index (Phi) is 4.88. The van der Waals surface area contributed by atoms with Crippen LogP contribution in [-0.4, -0.2) is 25.6 Å². The standard InChI is InChI=1S/C13H20N2O4S/c1-8(2)13(9(3)14)11-6-5-10(20(4,18)19)7-12(11)15(16)17/h5-9,13H,14H2,1-4H3. The molecule has 2 atom stereocenters. The van der Waals surface area contributed by atoms with Gasteiger partial charge < -0.3 is 5.73 Å². The summed E-state index contributed by atoms with van der Waals surface area (Å²) in [5, 5.41) is 11.2. The number of sulfone groups is 1. The molecular weight excluding hydrogens is 280 g/mol. The fourth-order valence-corrected chi connectivity index (χ4v) is 3.08. The number of nitrogens with two attached hydrogens (primary N) is 1. The van der Waals surface area contributed by atoms with E-state index in [0.29, 0.717) is 5.56 Å². The zero-order valence-electron chi connectivity index (χ0n) is 12.0. The molecule has 2 N–H and O–H groups in total. The highest BCUT2D eigenvalue weighted by atomic mass is 32.2. The Morgan fingerprint density at radius 1 is 1.25 bits per heavy atom. The van der Waals surface area contributed by atoms with Gasteiger partial charge in [0, 0.05) is 29.8 Å². The van der Waals surface area contributed by atoms with Crippen molar-refractivity contribution in [3.8, 4) is 0 Å². The van der Waals surface area contributed by atoms with E-state index in [1.54, 1.807) is 6.92 Å². The van der Waals surface area contributed by atoms with Gasteiger partial charge in [-0.3, -0.25) is 10.1 Å². The molecule has 112 valence electrons. The van der Waals surface area contributed by atoms with Gasteiger partial charge in [0.1, 0.15) is 0 Å². The lowest BCUT2D eigenvalue weighted by Crippen LogP contribution is -2.29. The van der Waals surface area contributed by atoms with Gasteiger partial charge in [0.15, 0.2) is 9.84 Å². The van der Waals surface area contributed by atoms with Gasteiger partial charge in [0.2, 0.25) is 0 Å². The van der Waals surface area contributed by atoms with Crippen molar-refractivity contribution in [2.45, 2.75) is 37.6 Å². The van der Waals surface area contributed by atoms with Crippen LogP contribution in [0.1, 0.15) is 32.3 Å². The third-order valence-electron chi connectivity index (χ3n) is 3.27. The average molecular weight is 300 g/mol. The van der Waals surface area contributed by atoms with Crippen LogP contribution in [0.3, 0.4) is 0 Å². The molecule has 0 fully saturated rings. The van der Waals surface area contributed by atoms with E-state index in [9.17, 15) is 18.5 Å². The third kappa shape index (κ3) is 3.55. The molecule has 0 aromatic heterocycles. The van der Waals surface area contributed by atoms with Crippen LogP contribution in [0.5, 0.6) is 0 Å². The number of nitro groups is 1. The second-order valence-corrected chi connectivity index (χ2v) is 7.39. The van der Waals surface area contributed by atoms with E-state index in [1.807, 2.05) is 13.8 Å². The minimum absolute atomic E-state index is 0.0554. The summed E-state index contributed by atoms with van der Waals surface area (Å²) in [6.45, 7) is 5.66. The molecule has 0 radical (unpaired) electrons. The predicted molar refractivity (Wildman–Crippen MR) is 77.4 cm³/mol. The van der Waals surface area contributed by atoms with E-state index >= 15 is 0 Å². The second kappa shape index (κ2) is 5.88. The highest BCUT2D eigenvalue weighted by molar-refractivity contribution is 7.90. The summed E-state index contributed by atoms with van der Waals surface area (Å²) in [5.74, 6) is -0.0956. The summed E-state index contributed by atoms with van der Waals surface area (Å²) in [5.41, 5.74) is 6.21. The van der Waals surface area contributed by atoms with E-state index in [-0.39, 0.29) is 28.5 Å². The molecule has 0 aliphatic carbocycles. The van der Waals surface area contributed by atoms with Crippen molar-refractivity contribution in [2.24, 2.45) is 11.7 Å². The van der Waals surface area contributed by atoms with E-state index < -0.39 is 14.8 Å². The Labute approximate surface area is 119 Å². The lowest BCUT2D eigenvalue weighted by Gasteiger charge is -2.25. The highest BCUT2D eigenvalue weighted by Crippen LogP contribution is 2.35. The van der Waals surface area contributed by atoms with E-state index in [4.69, 9.17) is 5.73 Å². The summed E-state index contributed by atoms with van der Waals surface area (Å²) in [6, 6.07) is 3.75. The third-order valence-corrected chi connectivity index (χ3v) is 4.38. The largest absolute Gasteiger partial charge is 0.327 e. The SMILES string of the molecule is CC(C)C(c1ccc(S(C)(=O)=O)cc1[N+](=O)[O-])C(C)N. The summed E-state index contributed by atoms with van der Waals surface area (Å²) in [7, 11) is -3.48. The molecule has 0 aliphatic rings. The first kappa shape index (κ1) is 16.6. The van der Waals surface area contributed by atoms with Crippen LogP contribution in [0.2, 0.25) is 0 Å². The second-order valence-electron chi connectivity index (χ2n) is 5.38. The van der Waals surface area contributed by atoms with Crippen molar-refractivity contribution >= 4 is 15.5 Å². The monoisotopic (exact) mass is 300 g/mol. The Morgan fingerprint density at radius 3 is 2.15 bits per heavy atom. The number of nitro benzene ring substituents is 1. The Bertz CT molecular complexity index is 601. The van der Waals surface area contributed by atoms with Crippen molar-refractivity contribution in [2.75, 3.05) is 6.26 Å². The summed E-state index contributed by atoms with van der Waals surface area (Å²) in [4.78, 5) is 10.6. The van der Waals surface area contributed by atoms with Gasteiger partial charge in [0.05, 0.1) is 9.82 Å². The van der Waals surface area contributed by atoms with E-state index in [1.165, 1.54) is 12.1 Å². The van der Waals surface area contributed by atoms with Crippen LogP contribution >= 0.6 is 0 Å². The van der Waals surface area contributed by atoms with Crippen molar-refractivity contribution in [1.82, 2.24) is 0 Å². The van der Waals surface area contributed by atoms with Gasteiger partial charge in [-0.2, -0.15) is 0 Å². The van der Waals surface area contributed by atoms with E-state index in [2.05, 4.69) is 0 Å². The Hall–Kier alpha value is -1.47. The first-order chi connectivity index (χ1) is 9.05. The fraction of sp³-hybridized carbons (Fsp3) is 0.538. The van der Waals surface area contributed by atoms with Crippen LogP contribution in [-0.2, 0) is 9.84 Å². The number of hydrogen-bond donors (Lipinski definition) is 1. The van der Waals surface area contributed by atoms with Crippen LogP contribution in [0.25, 0.3) is 0 Å². The molecule has 6 nitrogen and oxygen atoms in total. The molecule has 1 aromatic carbocycles. The first-order valence-corrected chi connectivity index (χ1v) is 8.18. The average Bonchev–Trinajstić information content (AvgIpc) is 2.26. The maximum absolute atomic E-state index is 11.5. The number of rotatable bonds is 5. The minimum atomic E-state index is -3.48. The Morgan fingerprint density at radius 2 is 1.80 bits per heavy atom. The number of nitrogens with zero attached hydrogens (tertiary/aromatic N) is 1. The molecule has 0 saturated heterocycles. The van der Waals surface area contributed by atoms with Gasteiger partial charge in [-0.15, -0.1) is 0 Å². The molecular formula is C13H20N2O4S. The number of benzene rings is 1. The van der Waals surface area contributed by atoms with Gasteiger partial charge in [0.25, 0.3) is 5.69 Å². The van der Waals surface area contributed by atoms with Crippen molar-refractivity contribution in [3.63, 3.8) is 0 Å². The smallest absolute Gasteiger partial charge is 0.274 e. The van der Waals surface area contributed by atoms with Gasteiger partial charge in [-0.1, -0.05) is 19.9 Å². The maximum Gasteiger partial charge on any atom is 0.274 e. The topological polar surface area (TPSA) is 103 Å². The summed E-state index contributed by atoms with van der Waals surface area (Å²) < 4.78 is 23.0.